The molecule has 0 spiro atoms. The minimum atomic E-state index is -0.679. The van der Waals surface area contributed by atoms with Gasteiger partial charge >= 0.3 is 5.97 Å². The average molecular weight is 195 g/mol. The van der Waals surface area contributed by atoms with Gasteiger partial charge in [0.2, 0.25) is 0 Å². The first kappa shape index (κ1) is 9.71. The normalized spacial score (nSPS) is 28.7. The molecule has 3 nitrogen and oxygen atoms in total. The van der Waals surface area contributed by atoms with Gasteiger partial charge in [-0.2, -0.15) is 0 Å². The van der Waals surface area contributed by atoms with Crippen LogP contribution < -0.4 is 5.32 Å². The first-order chi connectivity index (χ1) is 6.77. The van der Waals surface area contributed by atoms with Crippen molar-refractivity contribution < 1.29 is 9.90 Å². The van der Waals surface area contributed by atoms with Crippen LogP contribution in [0.3, 0.4) is 0 Å². The van der Waals surface area contributed by atoms with Crippen molar-refractivity contribution >= 4 is 5.97 Å². The van der Waals surface area contributed by atoms with Crippen LogP contribution in [0.15, 0.2) is 12.2 Å². The van der Waals surface area contributed by atoms with E-state index in [1.807, 2.05) is 0 Å². The lowest BCUT2D eigenvalue weighted by molar-refractivity contribution is -0.140. The van der Waals surface area contributed by atoms with Gasteiger partial charge in [-0.3, -0.25) is 4.79 Å². The molecule has 0 aliphatic heterocycles. The summed E-state index contributed by atoms with van der Waals surface area (Å²) in [5.74, 6) is -0.291. The molecule has 2 N–H and O–H groups in total. The highest BCUT2D eigenvalue weighted by atomic mass is 16.4. The minimum Gasteiger partial charge on any atom is -0.480 e. The van der Waals surface area contributed by atoms with Crippen molar-refractivity contribution in [3.05, 3.63) is 12.2 Å². The van der Waals surface area contributed by atoms with E-state index in [0.717, 1.165) is 32.1 Å². The number of allylic oxidation sites excluding steroid dienone is 1. The Kier molecular flexibility index (Phi) is 2.87. The Bertz CT molecular complexity index is 246. The van der Waals surface area contributed by atoms with Gasteiger partial charge in [0.15, 0.2) is 0 Å². The van der Waals surface area contributed by atoms with E-state index >= 15 is 0 Å². The predicted molar refractivity (Wildman–Crippen MR) is 54.1 cm³/mol. The van der Waals surface area contributed by atoms with Gasteiger partial charge in [0.25, 0.3) is 0 Å². The molecule has 0 heterocycles. The quantitative estimate of drug-likeness (QED) is 0.669. The molecule has 1 fully saturated rings. The molecular formula is C11H17NO2. The number of carbonyl (C=O) groups is 1. The summed E-state index contributed by atoms with van der Waals surface area (Å²) in [5, 5.41) is 12.3. The molecule has 78 valence electrons. The highest BCUT2D eigenvalue weighted by Gasteiger charge is 2.37. The monoisotopic (exact) mass is 195 g/mol. The lowest BCUT2D eigenvalue weighted by Crippen LogP contribution is -2.45. The highest BCUT2D eigenvalue weighted by molar-refractivity contribution is 5.74. The molecule has 14 heavy (non-hydrogen) atoms. The molecule has 0 amide bonds. The van der Waals surface area contributed by atoms with Crippen molar-refractivity contribution in [3.8, 4) is 0 Å². The molecule has 0 aromatic heterocycles. The van der Waals surface area contributed by atoms with Crippen LogP contribution in [0.5, 0.6) is 0 Å². The number of aliphatic carboxylic acids is 1. The number of rotatable bonds is 4. The third-order valence-electron chi connectivity index (χ3n) is 3.04. The van der Waals surface area contributed by atoms with Crippen LogP contribution in [0.4, 0.5) is 0 Å². The van der Waals surface area contributed by atoms with Crippen LogP contribution >= 0.6 is 0 Å². The molecule has 2 rings (SSSR count). The zero-order chi connectivity index (χ0) is 9.97. The third-order valence-corrected chi connectivity index (χ3v) is 3.04. The van der Waals surface area contributed by atoms with E-state index in [2.05, 4.69) is 17.5 Å². The Morgan fingerprint density at radius 2 is 2.14 bits per heavy atom. The van der Waals surface area contributed by atoms with Crippen LogP contribution in [-0.2, 0) is 4.79 Å². The first-order valence-electron chi connectivity index (χ1n) is 5.41. The van der Waals surface area contributed by atoms with Crippen molar-refractivity contribution in [2.75, 3.05) is 0 Å². The van der Waals surface area contributed by atoms with Gasteiger partial charge in [-0.15, -0.1) is 0 Å². The second-order valence-electron chi connectivity index (χ2n) is 4.30. The highest BCUT2D eigenvalue weighted by Crippen LogP contribution is 2.33. The van der Waals surface area contributed by atoms with E-state index in [9.17, 15) is 4.79 Å². The van der Waals surface area contributed by atoms with Crippen LogP contribution in [0.25, 0.3) is 0 Å². The van der Waals surface area contributed by atoms with Gasteiger partial charge < -0.3 is 10.4 Å². The second-order valence-corrected chi connectivity index (χ2v) is 4.30. The number of hydrogen-bond acceptors (Lipinski definition) is 2. The van der Waals surface area contributed by atoms with Crippen molar-refractivity contribution in [1.29, 1.82) is 0 Å². The smallest absolute Gasteiger partial charge is 0.320 e. The molecule has 2 atom stereocenters. The molecule has 0 bridgehead atoms. The summed E-state index contributed by atoms with van der Waals surface area (Å²) in [5.41, 5.74) is 0. The predicted octanol–water partition coefficient (Wildman–Crippen LogP) is 1.55. The Hall–Kier alpha value is -0.830. The fourth-order valence-electron chi connectivity index (χ4n) is 2.04. The summed E-state index contributed by atoms with van der Waals surface area (Å²) in [4.78, 5) is 11.0. The molecular weight excluding hydrogens is 178 g/mol. The number of carboxylic acid groups (broad SMARTS) is 1. The van der Waals surface area contributed by atoms with Crippen LogP contribution in [0.2, 0.25) is 0 Å². The van der Waals surface area contributed by atoms with Gasteiger partial charge in [0, 0.05) is 6.04 Å². The number of carboxylic acids is 1. The summed E-state index contributed by atoms with van der Waals surface area (Å²) in [7, 11) is 0. The van der Waals surface area contributed by atoms with E-state index in [4.69, 9.17) is 5.11 Å². The third kappa shape index (κ3) is 2.35. The maximum atomic E-state index is 11.0. The van der Waals surface area contributed by atoms with Crippen LogP contribution in [-0.4, -0.2) is 23.2 Å². The molecule has 0 saturated heterocycles. The lowest BCUT2D eigenvalue weighted by atomic mass is 10.00. The fourth-order valence-corrected chi connectivity index (χ4v) is 2.04. The van der Waals surface area contributed by atoms with Crippen molar-refractivity contribution in [2.45, 2.75) is 44.2 Å². The molecule has 0 radical (unpaired) electrons. The van der Waals surface area contributed by atoms with E-state index < -0.39 is 5.97 Å². The van der Waals surface area contributed by atoms with Crippen molar-refractivity contribution in [2.24, 2.45) is 5.92 Å². The maximum Gasteiger partial charge on any atom is 0.320 e. The summed E-state index contributed by atoms with van der Waals surface area (Å²) in [6.07, 6.45) is 9.61. The Balaban J connectivity index is 1.86. The van der Waals surface area contributed by atoms with E-state index in [1.54, 1.807) is 0 Å². The molecule has 2 aliphatic rings. The van der Waals surface area contributed by atoms with E-state index in [1.165, 1.54) is 0 Å². The van der Waals surface area contributed by atoms with E-state index in [-0.39, 0.29) is 6.04 Å². The SMILES string of the molecule is O=C(O)C(NC1CC=CCC1)C1CC1. The Morgan fingerprint density at radius 3 is 2.64 bits per heavy atom. The number of hydrogen-bond donors (Lipinski definition) is 2. The molecule has 2 aliphatic carbocycles. The topological polar surface area (TPSA) is 49.3 Å². The summed E-state index contributed by atoms with van der Waals surface area (Å²) >= 11 is 0. The summed E-state index contributed by atoms with van der Waals surface area (Å²) in [6.45, 7) is 0. The first-order valence-corrected chi connectivity index (χ1v) is 5.41. The summed E-state index contributed by atoms with van der Waals surface area (Å²) in [6, 6.07) is 0.0770. The Morgan fingerprint density at radius 1 is 1.36 bits per heavy atom. The molecule has 2 unspecified atom stereocenters. The zero-order valence-electron chi connectivity index (χ0n) is 8.28. The van der Waals surface area contributed by atoms with Gasteiger partial charge in [-0.25, -0.2) is 0 Å². The van der Waals surface area contributed by atoms with Crippen LogP contribution in [0.1, 0.15) is 32.1 Å². The molecule has 3 heteroatoms. The van der Waals surface area contributed by atoms with Gasteiger partial charge in [-0.1, -0.05) is 12.2 Å². The van der Waals surface area contributed by atoms with Crippen LogP contribution in [0, 0.1) is 5.92 Å². The number of nitrogens with one attached hydrogen (secondary N) is 1. The second kappa shape index (κ2) is 4.13. The molecule has 0 aromatic rings. The zero-order valence-corrected chi connectivity index (χ0v) is 8.28. The minimum absolute atomic E-state index is 0.300. The van der Waals surface area contributed by atoms with Gasteiger partial charge in [-0.05, 0) is 38.0 Å². The maximum absolute atomic E-state index is 11.0. The van der Waals surface area contributed by atoms with E-state index in [0.29, 0.717) is 12.0 Å². The lowest BCUT2D eigenvalue weighted by Gasteiger charge is -2.23. The van der Waals surface area contributed by atoms with Gasteiger partial charge in [0.1, 0.15) is 6.04 Å². The van der Waals surface area contributed by atoms with Gasteiger partial charge in [0.05, 0.1) is 0 Å². The molecule has 1 saturated carbocycles. The molecule has 0 aromatic carbocycles. The standard InChI is InChI=1S/C11H17NO2/c13-11(14)10(8-6-7-8)12-9-4-2-1-3-5-9/h1-2,8-10,12H,3-7H2,(H,13,14). The Labute approximate surface area is 84.2 Å². The fraction of sp³-hybridized carbons (Fsp3) is 0.727. The van der Waals surface area contributed by atoms with Crippen molar-refractivity contribution in [1.82, 2.24) is 5.32 Å². The van der Waals surface area contributed by atoms with Crippen molar-refractivity contribution in [3.63, 3.8) is 0 Å². The summed E-state index contributed by atoms with van der Waals surface area (Å²) < 4.78 is 0. The average Bonchev–Trinajstić information content (AvgIpc) is 2.99. The largest absolute Gasteiger partial charge is 0.480 e.